The lowest BCUT2D eigenvalue weighted by molar-refractivity contribution is -0.119. The van der Waals surface area contributed by atoms with E-state index in [2.05, 4.69) is 26.1 Å². The average Bonchev–Trinajstić information content (AvgIpc) is 1.83. The molecule has 0 aliphatic carbocycles. The summed E-state index contributed by atoms with van der Waals surface area (Å²) in [6.07, 6.45) is 0.414. The summed E-state index contributed by atoms with van der Waals surface area (Å²) in [4.78, 5) is 10.7. The molecular weight excluding hydrogens is 152 g/mol. The molecule has 0 bridgehead atoms. The van der Waals surface area contributed by atoms with Crippen molar-refractivity contribution < 1.29 is 4.79 Å². The zero-order chi connectivity index (χ0) is 9.78. The Balaban J connectivity index is 4.13. The fourth-order valence-corrected chi connectivity index (χ4v) is 1.13. The van der Waals surface area contributed by atoms with Gasteiger partial charge in [-0.05, 0) is 12.0 Å². The quantitative estimate of drug-likeness (QED) is 0.661. The fourth-order valence-electron chi connectivity index (χ4n) is 1.13. The summed E-state index contributed by atoms with van der Waals surface area (Å²) in [7, 11) is 0. The van der Waals surface area contributed by atoms with Crippen LogP contribution >= 0.6 is 0 Å². The third-order valence-electron chi connectivity index (χ3n) is 1.90. The van der Waals surface area contributed by atoms with Gasteiger partial charge in [0.25, 0.3) is 0 Å². The van der Waals surface area contributed by atoms with E-state index in [0.29, 0.717) is 6.42 Å². The molecule has 3 heteroatoms. The minimum absolute atomic E-state index is 0.0883. The summed E-state index contributed by atoms with van der Waals surface area (Å²) < 4.78 is 0. The number of hydrogen-bond acceptors (Lipinski definition) is 2. The van der Waals surface area contributed by atoms with Gasteiger partial charge in [-0.15, -0.1) is 0 Å². The van der Waals surface area contributed by atoms with Gasteiger partial charge in [-0.2, -0.15) is 0 Å². The molecule has 0 rings (SSSR count). The lowest BCUT2D eigenvalue weighted by Gasteiger charge is -2.30. The van der Waals surface area contributed by atoms with Gasteiger partial charge in [-0.25, -0.2) is 0 Å². The molecule has 12 heavy (non-hydrogen) atoms. The Labute approximate surface area is 74.7 Å². The number of nitrogens with two attached hydrogens (primary N) is 1. The van der Waals surface area contributed by atoms with Crippen molar-refractivity contribution in [3.8, 4) is 0 Å². The maximum absolute atomic E-state index is 10.7. The molecule has 0 aliphatic rings. The molecule has 72 valence electrons. The number of primary amides is 1. The Morgan fingerprint density at radius 1 is 1.50 bits per heavy atom. The van der Waals surface area contributed by atoms with Gasteiger partial charge in [0.1, 0.15) is 0 Å². The zero-order valence-corrected chi connectivity index (χ0v) is 8.48. The molecule has 0 aromatic carbocycles. The van der Waals surface area contributed by atoms with E-state index in [1.165, 1.54) is 0 Å². The molecule has 0 radical (unpaired) electrons. The van der Waals surface area contributed by atoms with Crippen molar-refractivity contribution >= 4 is 5.91 Å². The molecule has 1 atom stereocenters. The number of nitrogens with one attached hydrogen (secondary N) is 1. The van der Waals surface area contributed by atoms with Crippen LogP contribution in [0.2, 0.25) is 0 Å². The van der Waals surface area contributed by atoms with Crippen molar-refractivity contribution in [1.29, 1.82) is 0 Å². The monoisotopic (exact) mass is 172 g/mol. The molecule has 0 aliphatic heterocycles. The van der Waals surface area contributed by atoms with Crippen LogP contribution in [0.4, 0.5) is 0 Å². The molecule has 0 saturated heterocycles. The second-order valence-electron chi connectivity index (χ2n) is 4.15. The van der Waals surface area contributed by atoms with E-state index in [0.717, 1.165) is 6.54 Å². The highest BCUT2D eigenvalue weighted by molar-refractivity contribution is 5.74. The van der Waals surface area contributed by atoms with E-state index in [1.807, 2.05) is 6.92 Å². The summed E-state index contributed by atoms with van der Waals surface area (Å²) in [6.45, 7) is 9.20. The Hall–Kier alpha value is -0.570. The average molecular weight is 172 g/mol. The van der Waals surface area contributed by atoms with E-state index in [4.69, 9.17) is 5.73 Å². The standard InChI is InChI=1S/C9H20N2O/c1-5-11-7(6-8(10)12)9(2,3)4/h7,11H,5-6H2,1-4H3,(H2,10,12). The van der Waals surface area contributed by atoms with Crippen LogP contribution in [0.1, 0.15) is 34.1 Å². The van der Waals surface area contributed by atoms with E-state index in [-0.39, 0.29) is 17.4 Å². The van der Waals surface area contributed by atoms with Crippen molar-refractivity contribution in [2.24, 2.45) is 11.1 Å². The summed E-state index contributed by atoms with van der Waals surface area (Å²) in [5.41, 5.74) is 5.23. The number of carbonyl (C=O) groups is 1. The first-order chi connectivity index (χ1) is 5.38. The highest BCUT2D eigenvalue weighted by Gasteiger charge is 2.24. The fraction of sp³-hybridized carbons (Fsp3) is 0.889. The highest BCUT2D eigenvalue weighted by atomic mass is 16.1. The molecule has 0 heterocycles. The maximum atomic E-state index is 10.7. The summed E-state index contributed by atoms with van der Waals surface area (Å²) in [6, 6.07) is 0.181. The van der Waals surface area contributed by atoms with Crippen LogP contribution in [-0.4, -0.2) is 18.5 Å². The molecule has 0 aromatic heterocycles. The Kier molecular flexibility index (Phi) is 4.24. The number of amides is 1. The summed E-state index contributed by atoms with van der Waals surface area (Å²) >= 11 is 0. The number of hydrogen-bond donors (Lipinski definition) is 2. The summed E-state index contributed by atoms with van der Waals surface area (Å²) in [5, 5.41) is 3.25. The Bertz CT molecular complexity index is 149. The van der Waals surface area contributed by atoms with Gasteiger partial charge in [-0.1, -0.05) is 27.7 Å². The van der Waals surface area contributed by atoms with Crippen molar-refractivity contribution in [3.05, 3.63) is 0 Å². The van der Waals surface area contributed by atoms with Crippen LogP contribution in [0.3, 0.4) is 0 Å². The van der Waals surface area contributed by atoms with Crippen molar-refractivity contribution in [2.75, 3.05) is 6.54 Å². The number of rotatable bonds is 4. The minimum Gasteiger partial charge on any atom is -0.370 e. The van der Waals surface area contributed by atoms with Crippen molar-refractivity contribution in [2.45, 2.75) is 40.2 Å². The van der Waals surface area contributed by atoms with E-state index >= 15 is 0 Å². The first-order valence-electron chi connectivity index (χ1n) is 4.39. The molecule has 1 unspecified atom stereocenters. The van der Waals surface area contributed by atoms with Crippen LogP contribution in [0.25, 0.3) is 0 Å². The van der Waals surface area contributed by atoms with E-state index < -0.39 is 0 Å². The summed E-state index contributed by atoms with van der Waals surface area (Å²) in [5.74, 6) is -0.240. The third kappa shape index (κ3) is 4.34. The van der Waals surface area contributed by atoms with Gasteiger partial charge in [0.2, 0.25) is 5.91 Å². The van der Waals surface area contributed by atoms with Gasteiger partial charge < -0.3 is 11.1 Å². The van der Waals surface area contributed by atoms with Crippen molar-refractivity contribution in [1.82, 2.24) is 5.32 Å². The van der Waals surface area contributed by atoms with Crippen molar-refractivity contribution in [3.63, 3.8) is 0 Å². The van der Waals surface area contributed by atoms with Gasteiger partial charge >= 0.3 is 0 Å². The predicted molar refractivity (Wildman–Crippen MR) is 50.7 cm³/mol. The maximum Gasteiger partial charge on any atom is 0.219 e. The van der Waals surface area contributed by atoms with Gasteiger partial charge in [0.05, 0.1) is 0 Å². The largest absolute Gasteiger partial charge is 0.370 e. The Morgan fingerprint density at radius 2 is 2.00 bits per heavy atom. The second kappa shape index (κ2) is 4.45. The zero-order valence-electron chi connectivity index (χ0n) is 8.48. The highest BCUT2D eigenvalue weighted by Crippen LogP contribution is 2.21. The van der Waals surface area contributed by atoms with Crippen LogP contribution in [-0.2, 0) is 4.79 Å². The van der Waals surface area contributed by atoms with Crippen LogP contribution in [0.15, 0.2) is 0 Å². The Morgan fingerprint density at radius 3 is 2.25 bits per heavy atom. The van der Waals surface area contributed by atoms with Crippen LogP contribution in [0.5, 0.6) is 0 Å². The topological polar surface area (TPSA) is 55.1 Å². The van der Waals surface area contributed by atoms with Gasteiger partial charge in [-0.3, -0.25) is 4.79 Å². The third-order valence-corrected chi connectivity index (χ3v) is 1.90. The molecule has 3 nitrogen and oxygen atoms in total. The first kappa shape index (κ1) is 11.4. The lowest BCUT2D eigenvalue weighted by atomic mass is 9.84. The smallest absolute Gasteiger partial charge is 0.219 e. The first-order valence-corrected chi connectivity index (χ1v) is 4.39. The van der Waals surface area contributed by atoms with Gasteiger partial charge in [0.15, 0.2) is 0 Å². The SMILES string of the molecule is CCNC(CC(N)=O)C(C)(C)C. The minimum atomic E-state index is -0.240. The molecule has 0 aromatic rings. The van der Waals surface area contributed by atoms with Crippen LogP contribution < -0.4 is 11.1 Å². The van der Waals surface area contributed by atoms with Crippen LogP contribution in [0, 0.1) is 5.41 Å². The van der Waals surface area contributed by atoms with Gasteiger partial charge in [0, 0.05) is 12.5 Å². The molecule has 0 spiro atoms. The second-order valence-corrected chi connectivity index (χ2v) is 4.15. The molecular formula is C9H20N2O. The molecule has 0 fully saturated rings. The lowest BCUT2D eigenvalue weighted by Crippen LogP contribution is -2.42. The number of carbonyl (C=O) groups excluding carboxylic acids is 1. The molecule has 1 amide bonds. The van der Waals surface area contributed by atoms with E-state index in [1.54, 1.807) is 0 Å². The normalized spacial score (nSPS) is 14.3. The molecule has 3 N–H and O–H groups in total. The molecule has 0 saturated carbocycles. The van der Waals surface area contributed by atoms with E-state index in [9.17, 15) is 4.79 Å². The predicted octanol–water partition coefficient (Wildman–Crippen LogP) is 0.886.